The molecule has 0 spiro atoms. The van der Waals surface area contributed by atoms with Crippen LogP contribution in [0.15, 0.2) is 18.7 Å². The van der Waals surface area contributed by atoms with Crippen molar-refractivity contribution in [3.63, 3.8) is 0 Å². The van der Waals surface area contributed by atoms with Crippen molar-refractivity contribution in [3.8, 4) is 0 Å². The van der Waals surface area contributed by atoms with E-state index < -0.39 is 15.5 Å². The van der Waals surface area contributed by atoms with Crippen LogP contribution in [0, 0.1) is 0 Å². The predicted octanol–water partition coefficient (Wildman–Crippen LogP) is 0.204. The summed E-state index contributed by atoms with van der Waals surface area (Å²) in [6.07, 6.45) is 5.08. The van der Waals surface area contributed by atoms with E-state index >= 15 is 0 Å². The normalized spacial score (nSPS) is 11.7. The van der Waals surface area contributed by atoms with Crippen molar-refractivity contribution >= 4 is 10.0 Å². The molecule has 0 bridgehead atoms. The Morgan fingerprint density at radius 1 is 1.38 bits per heavy atom. The van der Waals surface area contributed by atoms with Crippen LogP contribution in [0.3, 0.4) is 0 Å². The summed E-state index contributed by atoms with van der Waals surface area (Å²) in [6, 6.07) is 0. The first-order chi connectivity index (χ1) is 5.75. The number of alkyl halides is 3. The molecule has 1 rings (SSSR count). The Morgan fingerprint density at radius 3 is 1.92 bits per heavy atom. The number of primary sulfonamides is 1. The van der Waals surface area contributed by atoms with E-state index in [-0.39, 0.29) is 0 Å². The smallest absolute Gasteiger partial charge is 0.351 e. The van der Waals surface area contributed by atoms with Crippen molar-refractivity contribution in [1.29, 1.82) is 0 Å². The molecule has 0 radical (unpaired) electrons. The molecule has 13 heavy (non-hydrogen) atoms. The van der Waals surface area contributed by atoms with Crippen LogP contribution in [0.25, 0.3) is 0 Å². The highest BCUT2D eigenvalue weighted by Gasteiger charge is 2.42. The lowest BCUT2D eigenvalue weighted by Gasteiger charge is -1.98. The van der Waals surface area contributed by atoms with Gasteiger partial charge in [0, 0.05) is 12.4 Å². The molecule has 0 aliphatic carbocycles. The molecule has 0 aliphatic heterocycles. The van der Waals surface area contributed by atoms with Crippen LogP contribution in [-0.2, 0) is 10.0 Å². The Bertz CT molecular complexity index is 300. The number of nitrogens with one attached hydrogen (secondary N) is 1. The SMILES string of the molecule is NS(=O)(=O)C(F)(F)F.c1c[nH]cn1. The zero-order chi connectivity index (χ0) is 10.5. The second kappa shape index (κ2) is 4.23. The largest absolute Gasteiger partial charge is 0.511 e. The van der Waals surface area contributed by atoms with E-state index in [0.29, 0.717) is 0 Å². The first kappa shape index (κ1) is 11.9. The fourth-order valence-corrected chi connectivity index (χ4v) is 0.215. The van der Waals surface area contributed by atoms with Gasteiger partial charge in [0.25, 0.3) is 0 Å². The highest BCUT2D eigenvalue weighted by molar-refractivity contribution is 7.90. The summed E-state index contributed by atoms with van der Waals surface area (Å²) >= 11 is 0. The Morgan fingerprint density at radius 2 is 1.85 bits per heavy atom. The first-order valence-corrected chi connectivity index (χ1v) is 4.31. The van der Waals surface area contributed by atoms with E-state index in [0.717, 1.165) is 0 Å². The highest BCUT2D eigenvalue weighted by atomic mass is 32.2. The zero-order valence-electron chi connectivity index (χ0n) is 6.12. The minimum atomic E-state index is -5.34. The van der Waals surface area contributed by atoms with Crippen molar-refractivity contribution in [2.75, 3.05) is 0 Å². The van der Waals surface area contributed by atoms with Crippen LogP contribution in [0.4, 0.5) is 13.2 Å². The van der Waals surface area contributed by atoms with Gasteiger partial charge in [0.2, 0.25) is 0 Å². The number of hydrogen-bond acceptors (Lipinski definition) is 3. The van der Waals surface area contributed by atoms with E-state index in [4.69, 9.17) is 0 Å². The van der Waals surface area contributed by atoms with Crippen molar-refractivity contribution in [1.82, 2.24) is 9.97 Å². The van der Waals surface area contributed by atoms with Crippen molar-refractivity contribution in [2.45, 2.75) is 5.51 Å². The summed E-state index contributed by atoms with van der Waals surface area (Å²) in [7, 11) is -5.34. The van der Waals surface area contributed by atoms with Gasteiger partial charge in [-0.25, -0.2) is 18.5 Å². The van der Waals surface area contributed by atoms with Gasteiger partial charge in [0.05, 0.1) is 6.33 Å². The number of aromatic nitrogens is 2. The summed E-state index contributed by atoms with van der Waals surface area (Å²) in [5.74, 6) is 0. The van der Waals surface area contributed by atoms with Crippen LogP contribution in [-0.4, -0.2) is 23.9 Å². The molecule has 3 N–H and O–H groups in total. The van der Waals surface area contributed by atoms with Crippen LogP contribution in [0.1, 0.15) is 0 Å². The number of aromatic amines is 1. The molecule has 0 saturated carbocycles. The molecule has 1 aromatic rings. The maximum Gasteiger partial charge on any atom is 0.511 e. The minimum Gasteiger partial charge on any atom is -0.351 e. The molecule has 0 aliphatic rings. The van der Waals surface area contributed by atoms with E-state index in [9.17, 15) is 21.6 Å². The molecular formula is C4H6F3N3O2S. The van der Waals surface area contributed by atoms with Crippen LogP contribution in [0.5, 0.6) is 0 Å². The molecule has 0 atom stereocenters. The summed E-state index contributed by atoms with van der Waals surface area (Å²) in [5, 5.41) is 3.66. The Kier molecular flexibility index (Phi) is 3.88. The minimum absolute atomic E-state index is 1.62. The van der Waals surface area contributed by atoms with Crippen molar-refractivity contribution in [2.24, 2.45) is 5.14 Å². The number of halogens is 3. The zero-order valence-corrected chi connectivity index (χ0v) is 6.93. The molecule has 1 heterocycles. The van der Waals surface area contributed by atoms with Gasteiger partial charge in [0.1, 0.15) is 0 Å². The van der Waals surface area contributed by atoms with Crippen molar-refractivity contribution in [3.05, 3.63) is 18.7 Å². The number of H-pyrrole nitrogens is 1. The molecule has 0 fully saturated rings. The molecule has 0 unspecified atom stereocenters. The van der Waals surface area contributed by atoms with Gasteiger partial charge in [-0.1, -0.05) is 0 Å². The number of rotatable bonds is 0. The third kappa shape index (κ3) is 5.20. The van der Waals surface area contributed by atoms with E-state index in [2.05, 4.69) is 15.1 Å². The molecule has 76 valence electrons. The number of sulfonamides is 1. The molecule has 0 saturated heterocycles. The fourth-order valence-electron chi connectivity index (χ4n) is 0.215. The third-order valence-electron chi connectivity index (χ3n) is 0.729. The van der Waals surface area contributed by atoms with E-state index in [1.165, 1.54) is 0 Å². The Balaban J connectivity index is 0.000000243. The molecule has 5 nitrogen and oxygen atoms in total. The maximum absolute atomic E-state index is 10.8. The predicted molar refractivity (Wildman–Crippen MR) is 37.7 cm³/mol. The van der Waals surface area contributed by atoms with E-state index in [1.54, 1.807) is 18.7 Å². The highest BCUT2D eigenvalue weighted by Crippen LogP contribution is 2.18. The number of nitrogens with zero attached hydrogens (tertiary/aromatic N) is 1. The quantitative estimate of drug-likeness (QED) is 0.650. The average Bonchev–Trinajstić information content (AvgIpc) is 2.35. The Hall–Kier alpha value is -1.09. The number of nitrogens with two attached hydrogens (primary N) is 1. The molecule has 1 aromatic heterocycles. The average molecular weight is 217 g/mol. The standard InChI is InChI=1S/C3H4N2.CH2F3NO2S/c1-2-5-3-4-1;2-1(3,4)8(5,6)7/h1-3H,(H,4,5);(H2,5,6,7). The monoisotopic (exact) mass is 217 g/mol. The van der Waals surface area contributed by atoms with Gasteiger partial charge >= 0.3 is 15.5 Å². The fraction of sp³-hybridized carbons (Fsp3) is 0.250. The van der Waals surface area contributed by atoms with Gasteiger partial charge in [-0.05, 0) is 0 Å². The lowest BCUT2D eigenvalue weighted by molar-refractivity contribution is -0.0436. The topological polar surface area (TPSA) is 88.8 Å². The second-order valence-corrected chi connectivity index (χ2v) is 3.30. The van der Waals surface area contributed by atoms with Gasteiger partial charge in [-0.3, -0.25) is 0 Å². The van der Waals surface area contributed by atoms with Crippen LogP contribution >= 0.6 is 0 Å². The number of imidazole rings is 1. The van der Waals surface area contributed by atoms with Crippen LogP contribution < -0.4 is 5.14 Å². The number of hydrogen-bond donors (Lipinski definition) is 2. The maximum atomic E-state index is 10.8. The summed E-state index contributed by atoms with van der Waals surface area (Å²) < 4.78 is 51.2. The van der Waals surface area contributed by atoms with Gasteiger partial charge < -0.3 is 4.98 Å². The Labute approximate surface area is 71.8 Å². The van der Waals surface area contributed by atoms with Crippen molar-refractivity contribution < 1.29 is 21.6 Å². The van der Waals surface area contributed by atoms with Crippen LogP contribution in [0.2, 0.25) is 0 Å². The van der Waals surface area contributed by atoms with E-state index in [1.807, 2.05) is 0 Å². The lowest BCUT2D eigenvalue weighted by Crippen LogP contribution is -2.30. The summed E-state index contributed by atoms with van der Waals surface area (Å²) in [5.41, 5.74) is -5.31. The second-order valence-electron chi connectivity index (χ2n) is 1.75. The first-order valence-electron chi connectivity index (χ1n) is 2.77. The summed E-state index contributed by atoms with van der Waals surface area (Å²) in [6.45, 7) is 0. The van der Waals surface area contributed by atoms with Gasteiger partial charge in [-0.2, -0.15) is 13.2 Å². The lowest BCUT2D eigenvalue weighted by atomic mass is 11.0. The van der Waals surface area contributed by atoms with Gasteiger partial charge in [0.15, 0.2) is 0 Å². The van der Waals surface area contributed by atoms with Gasteiger partial charge in [-0.15, -0.1) is 0 Å². The molecule has 0 aromatic carbocycles. The summed E-state index contributed by atoms with van der Waals surface area (Å²) in [4.78, 5) is 6.42. The molecular weight excluding hydrogens is 211 g/mol. The molecule has 9 heteroatoms. The third-order valence-corrected chi connectivity index (χ3v) is 1.37. The molecule has 0 amide bonds.